The highest BCUT2D eigenvalue weighted by Gasteiger charge is 2.16. The number of hydrogen-bond acceptors (Lipinski definition) is 6. The molecule has 150 valence electrons. The molecule has 0 saturated carbocycles. The van der Waals surface area contributed by atoms with Gasteiger partial charge in [-0.1, -0.05) is 41.9 Å². The van der Waals surface area contributed by atoms with Crippen molar-refractivity contribution in [3.05, 3.63) is 63.6 Å². The lowest BCUT2D eigenvalue weighted by Gasteiger charge is -2.11. The Morgan fingerprint density at radius 3 is 2.76 bits per heavy atom. The minimum atomic E-state index is -0.373. The van der Waals surface area contributed by atoms with E-state index in [9.17, 15) is 4.79 Å². The van der Waals surface area contributed by atoms with Gasteiger partial charge in [-0.25, -0.2) is 10.4 Å². The molecule has 1 amide bonds. The summed E-state index contributed by atoms with van der Waals surface area (Å²) in [5.41, 5.74) is 4.51. The van der Waals surface area contributed by atoms with Crippen LogP contribution >= 0.6 is 22.9 Å². The molecule has 8 heteroatoms. The summed E-state index contributed by atoms with van der Waals surface area (Å²) in [7, 11) is 1.53. The number of thiazole rings is 1. The highest BCUT2D eigenvalue weighted by molar-refractivity contribution is 7.15. The third-order valence-corrected chi connectivity index (χ3v) is 5.25. The van der Waals surface area contributed by atoms with E-state index in [4.69, 9.17) is 21.1 Å². The molecule has 0 aliphatic heterocycles. The quantitative estimate of drug-likeness (QED) is 0.426. The molecular formula is C21H20ClN3O3S. The number of amides is 1. The van der Waals surface area contributed by atoms with Crippen molar-refractivity contribution in [3.63, 3.8) is 0 Å². The summed E-state index contributed by atoms with van der Waals surface area (Å²) in [6.45, 7) is 4.20. The average Bonchev–Trinajstić information content (AvgIpc) is 3.10. The van der Waals surface area contributed by atoms with E-state index in [2.05, 4.69) is 15.5 Å². The van der Waals surface area contributed by atoms with Crippen LogP contribution in [0.1, 0.15) is 27.9 Å². The Morgan fingerprint density at radius 1 is 1.31 bits per heavy atom. The Balaban J connectivity index is 1.74. The van der Waals surface area contributed by atoms with Gasteiger partial charge in [-0.3, -0.25) is 4.79 Å². The summed E-state index contributed by atoms with van der Waals surface area (Å²) in [5.74, 6) is 0.598. The van der Waals surface area contributed by atoms with Gasteiger partial charge in [0.05, 0.1) is 25.0 Å². The summed E-state index contributed by atoms with van der Waals surface area (Å²) in [5, 5.41) is 5.21. The predicted molar refractivity (Wildman–Crippen MR) is 117 cm³/mol. The number of ether oxygens (including phenoxy) is 2. The largest absolute Gasteiger partial charge is 0.491 e. The van der Waals surface area contributed by atoms with Gasteiger partial charge in [0.1, 0.15) is 10.7 Å². The van der Waals surface area contributed by atoms with Gasteiger partial charge in [0, 0.05) is 10.4 Å². The van der Waals surface area contributed by atoms with Gasteiger partial charge in [0.15, 0.2) is 11.5 Å². The highest BCUT2D eigenvalue weighted by atomic mass is 35.5. The summed E-state index contributed by atoms with van der Waals surface area (Å²) in [4.78, 5) is 17.8. The Bertz CT molecular complexity index is 1040. The first kappa shape index (κ1) is 20.8. The van der Waals surface area contributed by atoms with Crippen LogP contribution < -0.4 is 14.9 Å². The topological polar surface area (TPSA) is 72.8 Å². The normalized spacial score (nSPS) is 10.9. The lowest BCUT2D eigenvalue weighted by atomic mass is 10.2. The fourth-order valence-electron chi connectivity index (χ4n) is 2.65. The summed E-state index contributed by atoms with van der Waals surface area (Å²) < 4.78 is 10.8. The maximum absolute atomic E-state index is 12.5. The summed E-state index contributed by atoms with van der Waals surface area (Å²) in [6, 6.07) is 13.2. The van der Waals surface area contributed by atoms with Crippen molar-refractivity contribution in [1.29, 1.82) is 0 Å². The number of nitrogens with one attached hydrogen (secondary N) is 1. The van der Waals surface area contributed by atoms with Crippen molar-refractivity contribution in [2.75, 3.05) is 13.7 Å². The van der Waals surface area contributed by atoms with Gasteiger partial charge < -0.3 is 9.47 Å². The van der Waals surface area contributed by atoms with Gasteiger partial charge in [-0.15, -0.1) is 11.3 Å². The third-order valence-electron chi connectivity index (χ3n) is 3.95. The standard InChI is InChI=1S/C21H20ClN3O3S/c1-4-28-17-11-14(10-16(22)19(17)27-3)12-23-25-20(26)18-13(2)29-21(24-18)15-8-6-5-7-9-15/h5-12H,4H2,1-3H3,(H,25,26)/b23-12-. The fraction of sp³-hybridized carbons (Fsp3) is 0.190. The minimum Gasteiger partial charge on any atom is -0.491 e. The number of halogens is 1. The van der Waals surface area contributed by atoms with Crippen molar-refractivity contribution in [3.8, 4) is 22.1 Å². The van der Waals surface area contributed by atoms with Gasteiger partial charge in [-0.2, -0.15) is 5.10 Å². The van der Waals surface area contributed by atoms with Crippen LogP contribution in [-0.2, 0) is 0 Å². The summed E-state index contributed by atoms with van der Waals surface area (Å²) in [6.07, 6.45) is 1.49. The van der Waals surface area contributed by atoms with E-state index in [1.165, 1.54) is 24.7 Å². The van der Waals surface area contributed by atoms with Crippen LogP contribution in [0.3, 0.4) is 0 Å². The molecule has 0 aliphatic carbocycles. The van der Waals surface area contributed by atoms with Gasteiger partial charge in [0.2, 0.25) is 0 Å². The number of methoxy groups -OCH3 is 1. The first-order chi connectivity index (χ1) is 14.0. The Labute approximate surface area is 178 Å². The number of aryl methyl sites for hydroxylation is 1. The number of benzene rings is 2. The number of aromatic nitrogens is 1. The molecule has 0 aliphatic rings. The Morgan fingerprint density at radius 2 is 2.07 bits per heavy atom. The Hall–Kier alpha value is -2.90. The van der Waals surface area contributed by atoms with E-state index in [1.807, 2.05) is 44.2 Å². The number of nitrogens with zero attached hydrogens (tertiary/aromatic N) is 2. The second-order valence-electron chi connectivity index (χ2n) is 5.96. The SMILES string of the molecule is CCOc1cc(/C=N\NC(=O)c2nc(-c3ccccc3)sc2C)cc(Cl)c1OC. The number of hydrazone groups is 1. The molecule has 0 unspecified atom stereocenters. The maximum atomic E-state index is 12.5. The van der Waals surface area contributed by atoms with Crippen molar-refractivity contribution < 1.29 is 14.3 Å². The maximum Gasteiger partial charge on any atom is 0.291 e. The van der Waals surface area contributed by atoms with E-state index in [0.29, 0.717) is 34.4 Å². The highest BCUT2D eigenvalue weighted by Crippen LogP contribution is 2.35. The van der Waals surface area contributed by atoms with Crippen molar-refractivity contribution in [2.45, 2.75) is 13.8 Å². The zero-order chi connectivity index (χ0) is 20.8. The molecule has 0 radical (unpaired) electrons. The van der Waals surface area contributed by atoms with Crippen molar-refractivity contribution >= 4 is 35.1 Å². The number of carbonyl (C=O) groups is 1. The summed E-state index contributed by atoms with van der Waals surface area (Å²) >= 11 is 7.69. The molecule has 1 aromatic heterocycles. The lowest BCUT2D eigenvalue weighted by molar-refractivity contribution is 0.0950. The van der Waals surface area contributed by atoms with Crippen molar-refractivity contribution in [1.82, 2.24) is 10.4 Å². The average molecular weight is 430 g/mol. The molecule has 3 rings (SSSR count). The van der Waals surface area contributed by atoms with Gasteiger partial charge >= 0.3 is 0 Å². The predicted octanol–water partition coefficient (Wildman–Crippen LogP) is 4.94. The monoisotopic (exact) mass is 429 g/mol. The van der Waals surface area contributed by atoms with Gasteiger partial charge in [0.25, 0.3) is 5.91 Å². The molecule has 0 fully saturated rings. The zero-order valence-electron chi connectivity index (χ0n) is 16.2. The molecule has 1 heterocycles. The molecular weight excluding hydrogens is 410 g/mol. The molecule has 6 nitrogen and oxygen atoms in total. The second kappa shape index (κ2) is 9.54. The lowest BCUT2D eigenvalue weighted by Crippen LogP contribution is -2.19. The van der Waals surface area contributed by atoms with Crippen LogP contribution in [0.15, 0.2) is 47.6 Å². The van der Waals surface area contributed by atoms with E-state index < -0.39 is 0 Å². The molecule has 0 atom stereocenters. The van der Waals surface area contributed by atoms with Crippen LogP contribution in [0, 0.1) is 6.92 Å². The van der Waals surface area contributed by atoms with Crippen LogP contribution in [0.25, 0.3) is 10.6 Å². The van der Waals surface area contributed by atoms with Crippen molar-refractivity contribution in [2.24, 2.45) is 5.10 Å². The number of carbonyl (C=O) groups excluding carboxylic acids is 1. The van der Waals surface area contributed by atoms with E-state index in [1.54, 1.807) is 12.1 Å². The minimum absolute atomic E-state index is 0.355. The van der Waals surface area contributed by atoms with Crippen LogP contribution in [-0.4, -0.2) is 30.8 Å². The number of hydrogen-bond donors (Lipinski definition) is 1. The van der Waals surface area contributed by atoms with E-state index in [0.717, 1.165) is 15.4 Å². The second-order valence-corrected chi connectivity index (χ2v) is 7.57. The van der Waals surface area contributed by atoms with E-state index >= 15 is 0 Å². The Kier molecular flexibility index (Phi) is 6.85. The first-order valence-corrected chi connectivity index (χ1v) is 10.1. The third kappa shape index (κ3) is 4.93. The van der Waals surface area contributed by atoms with Gasteiger partial charge in [-0.05, 0) is 31.5 Å². The molecule has 29 heavy (non-hydrogen) atoms. The zero-order valence-corrected chi connectivity index (χ0v) is 17.8. The first-order valence-electron chi connectivity index (χ1n) is 8.90. The van der Waals surface area contributed by atoms with Crippen LogP contribution in [0.2, 0.25) is 5.02 Å². The molecule has 0 saturated heterocycles. The smallest absolute Gasteiger partial charge is 0.291 e. The molecule has 1 N–H and O–H groups in total. The van der Waals surface area contributed by atoms with E-state index in [-0.39, 0.29) is 5.91 Å². The molecule has 0 bridgehead atoms. The molecule has 2 aromatic carbocycles. The number of rotatable bonds is 7. The van der Waals surface area contributed by atoms with Crippen LogP contribution in [0.4, 0.5) is 0 Å². The molecule has 0 spiro atoms. The van der Waals surface area contributed by atoms with Crippen LogP contribution in [0.5, 0.6) is 11.5 Å². The fourth-order valence-corrected chi connectivity index (χ4v) is 3.87. The molecule has 3 aromatic rings.